The monoisotopic (exact) mass is 257 g/mol. The van der Waals surface area contributed by atoms with Crippen molar-refractivity contribution in [3.05, 3.63) is 40.6 Å². The van der Waals surface area contributed by atoms with Gasteiger partial charge in [0.1, 0.15) is 0 Å². The van der Waals surface area contributed by atoms with Crippen molar-refractivity contribution in [2.75, 3.05) is 0 Å². The van der Waals surface area contributed by atoms with E-state index < -0.39 is 11.9 Å². The van der Waals surface area contributed by atoms with Crippen LogP contribution in [0.4, 0.5) is 0 Å². The van der Waals surface area contributed by atoms with Crippen molar-refractivity contribution in [2.24, 2.45) is 0 Å². The van der Waals surface area contributed by atoms with Crippen LogP contribution in [0.25, 0.3) is 10.9 Å². The average Bonchev–Trinajstić information content (AvgIpc) is 2.81. The Morgan fingerprint density at radius 3 is 2.58 bits per heavy atom. The van der Waals surface area contributed by atoms with Gasteiger partial charge in [-0.05, 0) is 30.9 Å². The van der Waals surface area contributed by atoms with Gasteiger partial charge in [-0.15, -0.1) is 0 Å². The first-order valence-electron chi connectivity index (χ1n) is 6.00. The molecular formula is C14H11NO4. The number of hydrogen-bond donors (Lipinski definition) is 2. The number of aromatic nitrogens is 1. The van der Waals surface area contributed by atoms with Crippen molar-refractivity contribution in [3.8, 4) is 0 Å². The topological polar surface area (TPSA) is 87.5 Å². The molecule has 1 aliphatic carbocycles. The Morgan fingerprint density at radius 2 is 1.89 bits per heavy atom. The fraction of sp³-hybridized carbons (Fsp3) is 0.214. The van der Waals surface area contributed by atoms with Crippen molar-refractivity contribution >= 4 is 22.8 Å². The van der Waals surface area contributed by atoms with Gasteiger partial charge >= 0.3 is 11.9 Å². The molecule has 0 saturated carbocycles. The maximum Gasteiger partial charge on any atom is 0.337 e. The number of nitrogens with zero attached hydrogens (tertiary/aromatic N) is 1. The summed E-state index contributed by atoms with van der Waals surface area (Å²) in [5.41, 5.74) is 2.00. The molecule has 19 heavy (non-hydrogen) atoms. The third kappa shape index (κ3) is 1.66. The highest BCUT2D eigenvalue weighted by Crippen LogP contribution is 2.31. The minimum Gasteiger partial charge on any atom is -0.478 e. The number of rotatable bonds is 2. The summed E-state index contributed by atoms with van der Waals surface area (Å²) in [6.07, 6.45) is 2.26. The number of fused-ring (bicyclic) bond motifs is 2. The van der Waals surface area contributed by atoms with Gasteiger partial charge in [0, 0.05) is 11.1 Å². The molecule has 0 unspecified atom stereocenters. The molecule has 0 aliphatic heterocycles. The van der Waals surface area contributed by atoms with Crippen molar-refractivity contribution in [1.29, 1.82) is 0 Å². The molecule has 1 aliphatic rings. The van der Waals surface area contributed by atoms with Crippen LogP contribution in [0.3, 0.4) is 0 Å². The first-order valence-corrected chi connectivity index (χ1v) is 6.00. The van der Waals surface area contributed by atoms with Crippen LogP contribution >= 0.6 is 0 Å². The number of carboxylic acid groups (broad SMARTS) is 2. The predicted molar refractivity (Wildman–Crippen MR) is 67.7 cm³/mol. The number of benzene rings is 1. The number of hydrogen-bond acceptors (Lipinski definition) is 3. The van der Waals surface area contributed by atoms with E-state index in [4.69, 9.17) is 0 Å². The molecule has 1 aromatic carbocycles. The van der Waals surface area contributed by atoms with E-state index in [0.717, 1.165) is 17.7 Å². The standard InChI is InChI=1S/C14H11NO4/c16-13(17)9-5-1-4-8-11(14(18)19)7-3-2-6-10(7)15-12(8)9/h1,4-5H,2-3,6H2,(H,16,17)(H,18,19). The van der Waals surface area contributed by atoms with E-state index in [9.17, 15) is 19.8 Å². The van der Waals surface area contributed by atoms with Crippen LogP contribution in [-0.4, -0.2) is 27.1 Å². The summed E-state index contributed by atoms with van der Waals surface area (Å²) >= 11 is 0. The highest BCUT2D eigenvalue weighted by Gasteiger charge is 2.25. The summed E-state index contributed by atoms with van der Waals surface area (Å²) in [5, 5.41) is 19.0. The summed E-state index contributed by atoms with van der Waals surface area (Å²) in [7, 11) is 0. The van der Waals surface area contributed by atoms with Crippen LogP contribution in [-0.2, 0) is 12.8 Å². The normalized spacial score (nSPS) is 13.5. The minimum atomic E-state index is -1.09. The van der Waals surface area contributed by atoms with Gasteiger partial charge in [-0.2, -0.15) is 0 Å². The largest absolute Gasteiger partial charge is 0.478 e. The van der Waals surface area contributed by atoms with Gasteiger partial charge in [0.2, 0.25) is 0 Å². The first kappa shape index (κ1) is 11.6. The van der Waals surface area contributed by atoms with Crippen LogP contribution in [0.15, 0.2) is 18.2 Å². The van der Waals surface area contributed by atoms with E-state index in [1.807, 2.05) is 0 Å². The lowest BCUT2D eigenvalue weighted by atomic mass is 9.99. The zero-order valence-electron chi connectivity index (χ0n) is 10.0. The van der Waals surface area contributed by atoms with Gasteiger partial charge in [-0.3, -0.25) is 4.98 Å². The highest BCUT2D eigenvalue weighted by atomic mass is 16.4. The number of aromatic carboxylic acids is 2. The molecule has 0 fully saturated rings. The van der Waals surface area contributed by atoms with Crippen LogP contribution in [0.1, 0.15) is 38.4 Å². The van der Waals surface area contributed by atoms with Crippen LogP contribution in [0.2, 0.25) is 0 Å². The molecule has 0 spiro atoms. The number of carbonyl (C=O) groups is 2. The zero-order valence-corrected chi connectivity index (χ0v) is 10.0. The zero-order chi connectivity index (χ0) is 13.6. The van der Waals surface area contributed by atoms with Crippen molar-refractivity contribution in [1.82, 2.24) is 4.98 Å². The smallest absolute Gasteiger partial charge is 0.337 e. The Morgan fingerprint density at radius 1 is 1.11 bits per heavy atom. The Bertz CT molecular complexity index is 721. The molecule has 3 rings (SSSR count). The van der Waals surface area contributed by atoms with Crippen molar-refractivity contribution < 1.29 is 19.8 Å². The second-order valence-electron chi connectivity index (χ2n) is 4.58. The molecule has 1 heterocycles. The minimum absolute atomic E-state index is 0.0506. The maximum absolute atomic E-state index is 11.5. The Balaban J connectivity index is 2.47. The molecule has 96 valence electrons. The van der Waals surface area contributed by atoms with Crippen LogP contribution in [0.5, 0.6) is 0 Å². The Labute approximate surface area is 108 Å². The first-order chi connectivity index (χ1) is 9.09. The van der Waals surface area contributed by atoms with Crippen LogP contribution in [0, 0.1) is 0 Å². The Kier molecular flexibility index (Phi) is 2.48. The van der Waals surface area contributed by atoms with Crippen LogP contribution < -0.4 is 0 Å². The van der Waals surface area contributed by atoms with Gasteiger partial charge in [-0.25, -0.2) is 9.59 Å². The third-order valence-electron chi connectivity index (χ3n) is 3.49. The van der Waals surface area contributed by atoms with E-state index in [1.165, 1.54) is 6.07 Å². The lowest BCUT2D eigenvalue weighted by molar-refractivity contribution is 0.0685. The fourth-order valence-electron chi connectivity index (χ4n) is 2.70. The molecular weight excluding hydrogens is 246 g/mol. The van der Waals surface area contributed by atoms with Gasteiger partial charge in [0.05, 0.1) is 16.6 Å². The van der Waals surface area contributed by atoms with E-state index in [0.29, 0.717) is 18.2 Å². The quantitative estimate of drug-likeness (QED) is 0.860. The molecule has 5 heteroatoms. The van der Waals surface area contributed by atoms with Crippen molar-refractivity contribution in [3.63, 3.8) is 0 Å². The molecule has 0 atom stereocenters. The lowest BCUT2D eigenvalue weighted by Crippen LogP contribution is -2.08. The lowest BCUT2D eigenvalue weighted by Gasteiger charge is -2.10. The second-order valence-corrected chi connectivity index (χ2v) is 4.58. The molecule has 5 nitrogen and oxygen atoms in total. The van der Waals surface area contributed by atoms with E-state index >= 15 is 0 Å². The average molecular weight is 257 g/mol. The van der Waals surface area contributed by atoms with Gasteiger partial charge < -0.3 is 10.2 Å². The molecule has 2 N–H and O–H groups in total. The molecule has 0 bridgehead atoms. The number of carboxylic acids is 2. The van der Waals surface area contributed by atoms with Gasteiger partial charge in [0.15, 0.2) is 0 Å². The second kappa shape index (κ2) is 4.05. The summed E-state index contributed by atoms with van der Waals surface area (Å²) in [5.74, 6) is -2.11. The molecule has 0 radical (unpaired) electrons. The maximum atomic E-state index is 11.5. The molecule has 1 aromatic heterocycles. The van der Waals surface area contributed by atoms with E-state index in [-0.39, 0.29) is 16.6 Å². The molecule has 0 saturated heterocycles. The van der Waals surface area contributed by atoms with Gasteiger partial charge in [-0.1, -0.05) is 12.1 Å². The van der Waals surface area contributed by atoms with E-state index in [2.05, 4.69) is 4.98 Å². The SMILES string of the molecule is O=C(O)c1c2c(nc3c(C(=O)O)cccc13)CCC2. The summed E-state index contributed by atoms with van der Waals surface area (Å²) < 4.78 is 0. The predicted octanol–water partition coefficient (Wildman–Crippen LogP) is 2.12. The van der Waals surface area contributed by atoms with Gasteiger partial charge in [0.25, 0.3) is 0 Å². The molecule has 0 amide bonds. The Hall–Kier alpha value is -2.43. The summed E-state index contributed by atoms with van der Waals surface area (Å²) in [6, 6.07) is 4.63. The number of aryl methyl sites for hydroxylation is 1. The highest BCUT2D eigenvalue weighted by molar-refractivity contribution is 6.10. The third-order valence-corrected chi connectivity index (χ3v) is 3.49. The fourth-order valence-corrected chi connectivity index (χ4v) is 2.70. The number of para-hydroxylation sites is 1. The summed E-state index contributed by atoms with van der Waals surface area (Å²) in [4.78, 5) is 27.1. The number of pyridine rings is 1. The summed E-state index contributed by atoms with van der Waals surface area (Å²) in [6.45, 7) is 0. The molecule has 2 aromatic rings. The van der Waals surface area contributed by atoms with E-state index in [1.54, 1.807) is 12.1 Å². The van der Waals surface area contributed by atoms with Crippen molar-refractivity contribution in [2.45, 2.75) is 19.3 Å².